The van der Waals surface area contributed by atoms with Crippen molar-refractivity contribution in [2.75, 3.05) is 6.54 Å². The van der Waals surface area contributed by atoms with Gasteiger partial charge in [-0.2, -0.15) is 0 Å². The second kappa shape index (κ2) is 6.19. The Morgan fingerprint density at radius 3 is 2.30 bits per heavy atom. The molecule has 0 radical (unpaired) electrons. The maximum absolute atomic E-state index is 4.67. The number of pyridine rings is 1. The van der Waals surface area contributed by atoms with Crippen molar-refractivity contribution in [1.82, 2.24) is 10.3 Å². The van der Waals surface area contributed by atoms with Gasteiger partial charge in [-0.15, -0.1) is 0 Å². The van der Waals surface area contributed by atoms with Gasteiger partial charge in [0, 0.05) is 6.20 Å². The molecule has 1 aromatic carbocycles. The molecule has 1 heterocycles. The van der Waals surface area contributed by atoms with E-state index in [9.17, 15) is 0 Å². The maximum Gasteiger partial charge on any atom is 0.0756 e. The van der Waals surface area contributed by atoms with Crippen molar-refractivity contribution in [2.45, 2.75) is 40.7 Å². The second-order valence-corrected chi connectivity index (χ2v) is 5.57. The lowest BCUT2D eigenvalue weighted by molar-refractivity contribution is 0.609. The van der Waals surface area contributed by atoms with Gasteiger partial charge in [-0.05, 0) is 56.5 Å². The molecule has 2 heteroatoms. The minimum absolute atomic E-state index is 0.168. The van der Waals surface area contributed by atoms with Crippen LogP contribution in [-0.4, -0.2) is 11.5 Å². The first-order valence-electron chi connectivity index (χ1n) is 7.26. The fourth-order valence-corrected chi connectivity index (χ4v) is 2.74. The van der Waals surface area contributed by atoms with Gasteiger partial charge in [0.05, 0.1) is 11.7 Å². The summed E-state index contributed by atoms with van der Waals surface area (Å²) < 4.78 is 0. The third-order valence-corrected chi connectivity index (χ3v) is 3.67. The number of rotatable bonds is 4. The van der Waals surface area contributed by atoms with Gasteiger partial charge in [0.1, 0.15) is 0 Å². The van der Waals surface area contributed by atoms with Gasteiger partial charge in [0.2, 0.25) is 0 Å². The van der Waals surface area contributed by atoms with Gasteiger partial charge in [-0.3, -0.25) is 4.98 Å². The van der Waals surface area contributed by atoms with E-state index >= 15 is 0 Å². The van der Waals surface area contributed by atoms with Gasteiger partial charge in [-0.1, -0.05) is 36.8 Å². The van der Waals surface area contributed by atoms with Crippen molar-refractivity contribution in [1.29, 1.82) is 0 Å². The highest BCUT2D eigenvalue weighted by molar-refractivity contribution is 5.39. The zero-order valence-corrected chi connectivity index (χ0v) is 13.1. The van der Waals surface area contributed by atoms with E-state index in [1.807, 2.05) is 6.20 Å². The fourth-order valence-electron chi connectivity index (χ4n) is 2.74. The predicted octanol–water partition coefficient (Wildman–Crippen LogP) is 4.01. The SMILES string of the molecule is CCNC(c1ccc(C)cc1C)c1ncc(C)cc1C. The number of aryl methyl sites for hydroxylation is 4. The molecular formula is C18H24N2. The van der Waals surface area contributed by atoms with E-state index in [1.165, 1.54) is 27.8 Å². The molecule has 1 unspecified atom stereocenters. The summed E-state index contributed by atoms with van der Waals surface area (Å²) in [6.45, 7) is 11.6. The molecule has 106 valence electrons. The lowest BCUT2D eigenvalue weighted by Crippen LogP contribution is -2.24. The molecule has 2 rings (SSSR count). The molecule has 0 saturated carbocycles. The average Bonchev–Trinajstić information content (AvgIpc) is 2.37. The summed E-state index contributed by atoms with van der Waals surface area (Å²) in [4.78, 5) is 4.67. The van der Waals surface area contributed by atoms with E-state index < -0.39 is 0 Å². The summed E-state index contributed by atoms with van der Waals surface area (Å²) in [5.41, 5.74) is 7.52. The molecule has 0 spiro atoms. The van der Waals surface area contributed by atoms with Crippen molar-refractivity contribution in [3.05, 3.63) is 64.0 Å². The van der Waals surface area contributed by atoms with Crippen LogP contribution in [0.3, 0.4) is 0 Å². The standard InChI is InChI=1S/C18H24N2/c1-6-19-18(16-8-7-12(2)9-14(16)4)17-15(5)10-13(3)11-20-17/h7-11,18-19H,6H2,1-5H3. The summed E-state index contributed by atoms with van der Waals surface area (Å²) in [6, 6.07) is 9.01. The van der Waals surface area contributed by atoms with Gasteiger partial charge < -0.3 is 5.32 Å². The Kier molecular flexibility index (Phi) is 4.56. The van der Waals surface area contributed by atoms with Crippen LogP contribution in [0.5, 0.6) is 0 Å². The predicted molar refractivity (Wildman–Crippen MR) is 85.1 cm³/mol. The van der Waals surface area contributed by atoms with Crippen molar-refractivity contribution < 1.29 is 0 Å². The van der Waals surface area contributed by atoms with Crippen LogP contribution in [-0.2, 0) is 0 Å². The molecule has 0 aliphatic rings. The Morgan fingerprint density at radius 1 is 1.00 bits per heavy atom. The molecule has 0 aliphatic heterocycles. The highest BCUT2D eigenvalue weighted by atomic mass is 14.9. The lowest BCUT2D eigenvalue weighted by Gasteiger charge is -2.22. The van der Waals surface area contributed by atoms with Crippen LogP contribution in [0.4, 0.5) is 0 Å². The van der Waals surface area contributed by atoms with Gasteiger partial charge >= 0.3 is 0 Å². The highest BCUT2D eigenvalue weighted by Gasteiger charge is 2.18. The first kappa shape index (κ1) is 14.7. The molecule has 2 nitrogen and oxygen atoms in total. The fraction of sp³-hybridized carbons (Fsp3) is 0.389. The van der Waals surface area contributed by atoms with Crippen molar-refractivity contribution in [3.63, 3.8) is 0 Å². The Labute approximate surface area is 122 Å². The Morgan fingerprint density at radius 2 is 1.70 bits per heavy atom. The van der Waals surface area contributed by atoms with E-state index in [2.05, 4.69) is 69.2 Å². The van der Waals surface area contributed by atoms with Crippen LogP contribution in [0, 0.1) is 27.7 Å². The molecule has 1 atom stereocenters. The largest absolute Gasteiger partial charge is 0.305 e. The van der Waals surface area contributed by atoms with E-state index in [-0.39, 0.29) is 6.04 Å². The number of hydrogen-bond donors (Lipinski definition) is 1. The number of nitrogens with zero attached hydrogens (tertiary/aromatic N) is 1. The molecule has 0 amide bonds. The summed E-state index contributed by atoms with van der Waals surface area (Å²) in [6.07, 6.45) is 1.95. The van der Waals surface area contributed by atoms with Crippen LogP contribution < -0.4 is 5.32 Å². The number of hydrogen-bond acceptors (Lipinski definition) is 2. The minimum Gasteiger partial charge on any atom is -0.305 e. The molecule has 1 aromatic heterocycles. The number of benzene rings is 1. The van der Waals surface area contributed by atoms with Crippen LogP contribution in [0.15, 0.2) is 30.5 Å². The third-order valence-electron chi connectivity index (χ3n) is 3.67. The second-order valence-electron chi connectivity index (χ2n) is 5.57. The molecule has 20 heavy (non-hydrogen) atoms. The Hall–Kier alpha value is -1.67. The average molecular weight is 268 g/mol. The highest BCUT2D eigenvalue weighted by Crippen LogP contribution is 2.26. The quantitative estimate of drug-likeness (QED) is 0.906. The number of aromatic nitrogens is 1. The molecule has 1 N–H and O–H groups in total. The van der Waals surface area contributed by atoms with Crippen LogP contribution in [0.2, 0.25) is 0 Å². The van der Waals surface area contributed by atoms with Crippen LogP contribution in [0.1, 0.15) is 46.5 Å². The first-order valence-corrected chi connectivity index (χ1v) is 7.26. The van der Waals surface area contributed by atoms with Crippen LogP contribution >= 0.6 is 0 Å². The van der Waals surface area contributed by atoms with Gasteiger partial charge in [-0.25, -0.2) is 0 Å². The summed E-state index contributed by atoms with van der Waals surface area (Å²) >= 11 is 0. The molecule has 0 aliphatic carbocycles. The smallest absolute Gasteiger partial charge is 0.0756 e. The zero-order valence-electron chi connectivity index (χ0n) is 13.1. The van der Waals surface area contributed by atoms with Crippen LogP contribution in [0.25, 0.3) is 0 Å². The first-order chi connectivity index (χ1) is 9.52. The maximum atomic E-state index is 4.67. The van der Waals surface area contributed by atoms with Crippen molar-refractivity contribution in [3.8, 4) is 0 Å². The summed E-state index contributed by atoms with van der Waals surface area (Å²) in [5.74, 6) is 0. The Bertz CT molecular complexity index is 551. The van der Waals surface area contributed by atoms with Gasteiger partial charge in [0.25, 0.3) is 0 Å². The molecule has 2 aromatic rings. The molecule has 0 fully saturated rings. The molecule has 0 saturated heterocycles. The van der Waals surface area contributed by atoms with E-state index in [4.69, 9.17) is 0 Å². The van der Waals surface area contributed by atoms with E-state index in [0.717, 1.165) is 12.2 Å². The van der Waals surface area contributed by atoms with Gasteiger partial charge in [0.15, 0.2) is 0 Å². The van der Waals surface area contributed by atoms with Crippen molar-refractivity contribution in [2.24, 2.45) is 0 Å². The third kappa shape index (κ3) is 3.07. The monoisotopic (exact) mass is 268 g/mol. The molecular weight excluding hydrogens is 244 g/mol. The molecule has 0 bridgehead atoms. The van der Waals surface area contributed by atoms with E-state index in [1.54, 1.807) is 0 Å². The number of nitrogens with one attached hydrogen (secondary N) is 1. The Balaban J connectivity index is 2.50. The topological polar surface area (TPSA) is 24.9 Å². The van der Waals surface area contributed by atoms with E-state index in [0.29, 0.717) is 0 Å². The minimum atomic E-state index is 0.168. The lowest BCUT2D eigenvalue weighted by atomic mass is 9.94. The van der Waals surface area contributed by atoms with Crippen molar-refractivity contribution >= 4 is 0 Å². The zero-order chi connectivity index (χ0) is 14.7. The summed E-state index contributed by atoms with van der Waals surface area (Å²) in [5, 5.41) is 3.57. The normalized spacial score (nSPS) is 12.4. The summed E-state index contributed by atoms with van der Waals surface area (Å²) in [7, 11) is 0.